The molecule has 0 radical (unpaired) electrons. The number of carbonyl (C=O) groups is 1. The molecule has 7 nitrogen and oxygen atoms in total. The van der Waals surface area contributed by atoms with Crippen molar-refractivity contribution in [3.8, 4) is 0 Å². The van der Waals surface area contributed by atoms with Crippen LogP contribution in [0.4, 0.5) is 0 Å². The van der Waals surface area contributed by atoms with Crippen LogP contribution in [0.25, 0.3) is 10.9 Å². The lowest BCUT2D eigenvalue weighted by atomic mass is 10.1. The molecule has 0 aliphatic carbocycles. The maximum Gasteiger partial charge on any atom is 0.277 e. The van der Waals surface area contributed by atoms with Crippen LogP contribution in [-0.4, -0.2) is 52.5 Å². The third kappa shape index (κ3) is 3.91. The van der Waals surface area contributed by atoms with E-state index in [1.54, 1.807) is 18.2 Å². The highest BCUT2D eigenvalue weighted by molar-refractivity contribution is 5.85. The van der Waals surface area contributed by atoms with Gasteiger partial charge < -0.3 is 10.2 Å². The lowest BCUT2D eigenvalue weighted by Crippen LogP contribution is -2.32. The molecule has 1 fully saturated rings. The molecule has 24 heavy (non-hydrogen) atoms. The molecule has 1 unspecified atom stereocenters. The zero-order valence-electron chi connectivity index (χ0n) is 13.6. The van der Waals surface area contributed by atoms with Crippen molar-refractivity contribution in [2.24, 2.45) is 5.92 Å². The fraction of sp³-hybridized carbons (Fsp3) is 0.500. The summed E-state index contributed by atoms with van der Waals surface area (Å²) < 4.78 is 1.28. The molecule has 1 aliphatic heterocycles. The van der Waals surface area contributed by atoms with Crippen molar-refractivity contribution in [1.82, 2.24) is 25.2 Å². The molecular weight excluding hydrogens is 330 g/mol. The lowest BCUT2D eigenvalue weighted by molar-refractivity contribution is -0.130. The zero-order valence-corrected chi connectivity index (χ0v) is 14.5. The molecule has 1 N–H and O–H groups in total. The molecule has 1 aliphatic rings. The highest BCUT2D eigenvalue weighted by Crippen LogP contribution is 2.16. The Hall–Kier alpha value is -1.99. The van der Waals surface area contributed by atoms with Crippen molar-refractivity contribution >= 4 is 29.2 Å². The first-order chi connectivity index (χ1) is 11.2. The van der Waals surface area contributed by atoms with Crippen LogP contribution in [0.2, 0.25) is 0 Å². The number of likely N-dealkylation sites (tertiary alicyclic amines) is 1. The molecule has 8 heteroatoms. The van der Waals surface area contributed by atoms with Crippen LogP contribution in [-0.2, 0) is 11.3 Å². The first-order valence-electron chi connectivity index (χ1n) is 7.94. The van der Waals surface area contributed by atoms with Gasteiger partial charge in [0.25, 0.3) is 5.56 Å². The van der Waals surface area contributed by atoms with Crippen LogP contribution in [0.3, 0.4) is 0 Å². The van der Waals surface area contributed by atoms with Crippen molar-refractivity contribution in [3.63, 3.8) is 0 Å². The van der Waals surface area contributed by atoms with Crippen LogP contribution in [0.1, 0.15) is 12.8 Å². The predicted molar refractivity (Wildman–Crippen MR) is 94.3 cm³/mol. The monoisotopic (exact) mass is 351 g/mol. The summed E-state index contributed by atoms with van der Waals surface area (Å²) in [5.74, 6) is 0.595. The fourth-order valence-corrected chi connectivity index (χ4v) is 3.04. The number of hydrogen-bond acceptors (Lipinski definition) is 5. The zero-order chi connectivity index (χ0) is 16.2. The molecule has 3 rings (SSSR count). The summed E-state index contributed by atoms with van der Waals surface area (Å²) in [6, 6.07) is 7.10. The second-order valence-corrected chi connectivity index (χ2v) is 5.94. The van der Waals surface area contributed by atoms with Gasteiger partial charge in [0.2, 0.25) is 5.91 Å². The summed E-state index contributed by atoms with van der Waals surface area (Å²) in [5, 5.41) is 11.6. The molecule has 1 atom stereocenters. The number of aromatic nitrogens is 3. The highest BCUT2D eigenvalue weighted by Gasteiger charge is 2.25. The second-order valence-electron chi connectivity index (χ2n) is 5.94. The average Bonchev–Trinajstić information content (AvgIpc) is 3.03. The minimum absolute atomic E-state index is 0. The average molecular weight is 352 g/mol. The third-order valence-electron chi connectivity index (χ3n) is 4.30. The van der Waals surface area contributed by atoms with Gasteiger partial charge in [-0.25, -0.2) is 4.68 Å². The standard InChI is InChI=1S/C16H21N5O2.ClH/c1-17-10-12-6-8-20(11-12)15(22)7-9-21-16(23)13-4-2-3-5-14(13)18-19-21;/h2-5,12,17H,6-11H2,1H3;1H. The Morgan fingerprint density at radius 3 is 2.96 bits per heavy atom. The van der Waals surface area contributed by atoms with Crippen molar-refractivity contribution < 1.29 is 4.79 Å². The largest absolute Gasteiger partial charge is 0.342 e. The summed E-state index contributed by atoms with van der Waals surface area (Å²) >= 11 is 0. The Labute approximate surface area is 146 Å². The molecule has 2 aromatic rings. The Morgan fingerprint density at radius 1 is 1.38 bits per heavy atom. The van der Waals surface area contributed by atoms with Gasteiger partial charge in [-0.1, -0.05) is 17.3 Å². The van der Waals surface area contributed by atoms with E-state index in [1.807, 2.05) is 18.0 Å². The van der Waals surface area contributed by atoms with Crippen LogP contribution < -0.4 is 10.9 Å². The van der Waals surface area contributed by atoms with Gasteiger partial charge in [0.05, 0.1) is 11.9 Å². The van der Waals surface area contributed by atoms with Gasteiger partial charge in [-0.05, 0) is 38.1 Å². The normalized spacial score (nSPS) is 17.0. The number of nitrogens with zero attached hydrogens (tertiary/aromatic N) is 4. The Bertz CT molecular complexity index is 763. The predicted octanol–water partition coefficient (Wildman–Crippen LogP) is 0.671. The summed E-state index contributed by atoms with van der Waals surface area (Å²) in [6.07, 6.45) is 1.31. The molecule has 0 bridgehead atoms. The minimum atomic E-state index is -0.196. The summed E-state index contributed by atoms with van der Waals surface area (Å²) in [6.45, 7) is 2.78. The molecule has 130 valence electrons. The van der Waals surface area contributed by atoms with E-state index in [9.17, 15) is 9.59 Å². The minimum Gasteiger partial charge on any atom is -0.342 e. The molecule has 2 heterocycles. The summed E-state index contributed by atoms with van der Waals surface area (Å²) in [5.41, 5.74) is 0.382. The van der Waals surface area contributed by atoms with E-state index in [4.69, 9.17) is 0 Å². The van der Waals surface area contributed by atoms with Gasteiger partial charge in [0, 0.05) is 19.5 Å². The number of rotatable bonds is 5. The van der Waals surface area contributed by atoms with Gasteiger partial charge >= 0.3 is 0 Å². The summed E-state index contributed by atoms with van der Waals surface area (Å²) in [7, 11) is 1.93. The number of amides is 1. The number of hydrogen-bond donors (Lipinski definition) is 1. The Balaban J connectivity index is 0.00000208. The smallest absolute Gasteiger partial charge is 0.277 e. The lowest BCUT2D eigenvalue weighted by Gasteiger charge is -2.16. The SMILES string of the molecule is CNCC1CCN(C(=O)CCn2nnc3ccccc3c2=O)C1.Cl. The van der Waals surface area contributed by atoms with E-state index in [1.165, 1.54) is 4.68 Å². The fourth-order valence-electron chi connectivity index (χ4n) is 3.04. The van der Waals surface area contributed by atoms with E-state index < -0.39 is 0 Å². The molecule has 1 aromatic carbocycles. The van der Waals surface area contributed by atoms with E-state index >= 15 is 0 Å². The maximum absolute atomic E-state index is 12.3. The first-order valence-corrected chi connectivity index (χ1v) is 7.94. The van der Waals surface area contributed by atoms with Gasteiger partial charge in [-0.2, -0.15) is 0 Å². The molecule has 1 saturated heterocycles. The van der Waals surface area contributed by atoms with Crippen LogP contribution in [0.5, 0.6) is 0 Å². The number of fused-ring (bicyclic) bond motifs is 1. The molecule has 1 aromatic heterocycles. The Kier molecular flexibility index (Phi) is 6.28. The maximum atomic E-state index is 12.3. The van der Waals surface area contributed by atoms with Crippen molar-refractivity contribution in [2.45, 2.75) is 19.4 Å². The number of nitrogens with one attached hydrogen (secondary N) is 1. The van der Waals surface area contributed by atoms with E-state index in [2.05, 4.69) is 15.6 Å². The van der Waals surface area contributed by atoms with E-state index in [0.717, 1.165) is 26.1 Å². The number of halogens is 1. The number of aryl methyl sites for hydroxylation is 1. The quantitative estimate of drug-likeness (QED) is 0.856. The highest BCUT2D eigenvalue weighted by atomic mass is 35.5. The summed E-state index contributed by atoms with van der Waals surface area (Å²) in [4.78, 5) is 26.5. The third-order valence-corrected chi connectivity index (χ3v) is 4.30. The van der Waals surface area contributed by atoms with Crippen molar-refractivity contribution in [2.75, 3.05) is 26.7 Å². The molecular formula is C16H22ClN5O2. The number of carbonyl (C=O) groups excluding carboxylic acids is 1. The molecule has 1 amide bonds. The van der Waals surface area contributed by atoms with Crippen molar-refractivity contribution in [3.05, 3.63) is 34.6 Å². The van der Waals surface area contributed by atoms with Gasteiger partial charge in [-0.3, -0.25) is 9.59 Å². The number of benzene rings is 1. The van der Waals surface area contributed by atoms with Crippen LogP contribution in [0, 0.1) is 5.92 Å². The Morgan fingerprint density at radius 2 is 2.17 bits per heavy atom. The van der Waals surface area contributed by atoms with Gasteiger partial charge in [-0.15, -0.1) is 17.5 Å². The van der Waals surface area contributed by atoms with E-state index in [0.29, 0.717) is 16.8 Å². The molecule has 0 saturated carbocycles. The van der Waals surface area contributed by atoms with E-state index in [-0.39, 0.29) is 36.8 Å². The first kappa shape index (κ1) is 18.4. The van der Waals surface area contributed by atoms with Crippen LogP contribution in [0.15, 0.2) is 29.1 Å². The van der Waals surface area contributed by atoms with Crippen LogP contribution >= 0.6 is 12.4 Å². The van der Waals surface area contributed by atoms with Crippen molar-refractivity contribution in [1.29, 1.82) is 0 Å². The van der Waals surface area contributed by atoms with Gasteiger partial charge in [0.1, 0.15) is 5.52 Å². The van der Waals surface area contributed by atoms with Gasteiger partial charge in [0.15, 0.2) is 0 Å². The molecule has 0 spiro atoms. The topological polar surface area (TPSA) is 80.1 Å². The second kappa shape index (κ2) is 8.21.